The molecular formula is C59H84N14O7. The van der Waals surface area contributed by atoms with Crippen LogP contribution in [0.1, 0.15) is 124 Å². The summed E-state index contributed by atoms with van der Waals surface area (Å²) in [6.45, 7) is 23.8. The molecule has 2 amide bonds. The number of aliphatic hydroxyl groups is 4. The first kappa shape index (κ1) is 58.4. The number of hydrogen-bond donors (Lipinski definition) is 9. The zero-order valence-corrected chi connectivity index (χ0v) is 48.0. The molecule has 7 heterocycles. The third kappa shape index (κ3) is 12.9. The molecule has 0 spiro atoms. The fourth-order valence-corrected chi connectivity index (χ4v) is 11.2. The van der Waals surface area contributed by atoms with Crippen LogP contribution >= 0.6 is 0 Å². The number of rotatable bonds is 17. The predicted molar refractivity (Wildman–Crippen MR) is 311 cm³/mol. The van der Waals surface area contributed by atoms with E-state index in [2.05, 4.69) is 133 Å². The summed E-state index contributed by atoms with van der Waals surface area (Å²) < 4.78 is 15.7. The number of aryl methyl sites for hydroxylation is 1. The van der Waals surface area contributed by atoms with Gasteiger partial charge in [0.2, 0.25) is 0 Å². The predicted octanol–water partition coefficient (Wildman–Crippen LogP) is 6.78. The quantitative estimate of drug-likeness (QED) is 0.0425. The normalized spacial score (nSPS) is 24.4. The van der Waals surface area contributed by atoms with Crippen molar-refractivity contribution in [1.29, 1.82) is 0 Å². The van der Waals surface area contributed by atoms with E-state index < -0.39 is 49.1 Å². The third-order valence-electron chi connectivity index (χ3n) is 16.2. The van der Waals surface area contributed by atoms with Crippen LogP contribution in [-0.2, 0) is 26.7 Å². The fraction of sp³-hybridized carbons (Fsp3) is 0.559. The Morgan fingerprint density at radius 2 is 1.45 bits per heavy atom. The Morgan fingerprint density at radius 3 is 2.11 bits per heavy atom. The van der Waals surface area contributed by atoms with Gasteiger partial charge in [0.05, 0.1) is 17.4 Å². The van der Waals surface area contributed by atoms with E-state index in [9.17, 15) is 25.2 Å². The van der Waals surface area contributed by atoms with Crippen molar-refractivity contribution >= 4 is 56.5 Å². The molecule has 7 aromatic rings. The number of hydrogen-bond acceptors (Lipinski definition) is 16. The van der Waals surface area contributed by atoms with Gasteiger partial charge >= 0.3 is 6.03 Å². The highest BCUT2D eigenvalue weighted by molar-refractivity contribution is 5.89. The van der Waals surface area contributed by atoms with E-state index in [1.54, 1.807) is 27.6 Å². The number of urea groups is 1. The van der Waals surface area contributed by atoms with E-state index in [1.807, 2.05) is 30.3 Å². The number of carbonyl (C=O) groups is 1. The monoisotopic (exact) mass is 1100 g/mol. The van der Waals surface area contributed by atoms with Crippen LogP contribution in [0.5, 0.6) is 0 Å². The van der Waals surface area contributed by atoms with Crippen molar-refractivity contribution in [3.8, 4) is 0 Å². The van der Waals surface area contributed by atoms with Gasteiger partial charge in [-0.15, -0.1) is 0 Å². The first-order valence-electron chi connectivity index (χ1n) is 28.3. The Kier molecular flexibility index (Phi) is 17.5. The summed E-state index contributed by atoms with van der Waals surface area (Å²) in [4.78, 5) is 42.2. The van der Waals surface area contributed by atoms with E-state index in [1.165, 1.54) is 23.8 Å². The number of amides is 2. The van der Waals surface area contributed by atoms with Crippen molar-refractivity contribution in [3.05, 3.63) is 96.6 Å². The van der Waals surface area contributed by atoms with Gasteiger partial charge in [-0.25, -0.2) is 29.7 Å². The molecule has 5 aromatic heterocycles. The van der Waals surface area contributed by atoms with Gasteiger partial charge in [0, 0.05) is 79.9 Å². The maximum atomic E-state index is 12.4. The second kappa shape index (κ2) is 24.0. The molecule has 11 N–H and O–H groups in total. The number of imidazole rings is 2. The number of aliphatic hydroxyl groups excluding tert-OH is 4. The van der Waals surface area contributed by atoms with E-state index in [4.69, 9.17) is 25.9 Å². The Labute approximate surface area is 468 Å². The van der Waals surface area contributed by atoms with Crippen LogP contribution in [0.4, 0.5) is 22.0 Å². The smallest absolute Gasteiger partial charge is 0.319 e. The third-order valence-corrected chi connectivity index (χ3v) is 16.2. The minimum absolute atomic E-state index is 0.0596. The van der Waals surface area contributed by atoms with E-state index >= 15 is 0 Å². The molecule has 21 heteroatoms. The summed E-state index contributed by atoms with van der Waals surface area (Å²) in [6.07, 6.45) is 4.22. The van der Waals surface area contributed by atoms with Gasteiger partial charge in [0.25, 0.3) is 0 Å². The second-order valence-corrected chi connectivity index (χ2v) is 24.7. The first-order valence-corrected chi connectivity index (χ1v) is 28.3. The Hall–Kier alpha value is -6.30. The van der Waals surface area contributed by atoms with Crippen molar-refractivity contribution in [2.75, 3.05) is 43.0 Å². The lowest BCUT2D eigenvalue weighted by molar-refractivity contribution is -0.0620. The van der Waals surface area contributed by atoms with Gasteiger partial charge in [-0.2, -0.15) is 0 Å². The molecule has 2 aromatic carbocycles. The average Bonchev–Trinajstić information content (AvgIpc) is 4.29. The topological polar surface area (TPSA) is 289 Å². The highest BCUT2D eigenvalue weighted by atomic mass is 16.6. The van der Waals surface area contributed by atoms with Crippen LogP contribution < -0.4 is 22.1 Å². The molecule has 0 radical (unpaired) electrons. The highest BCUT2D eigenvalue weighted by Crippen LogP contribution is 2.39. The zero-order chi connectivity index (χ0) is 57.4. The molecule has 4 unspecified atom stereocenters. The number of aromatic nitrogens is 8. The van der Waals surface area contributed by atoms with Gasteiger partial charge < -0.3 is 61.6 Å². The van der Waals surface area contributed by atoms with E-state index in [0.29, 0.717) is 60.6 Å². The van der Waals surface area contributed by atoms with Gasteiger partial charge in [-0.3, -0.25) is 14.4 Å². The number of fused-ring (bicyclic) bond motifs is 3. The Morgan fingerprint density at radius 1 is 0.787 bits per heavy atom. The van der Waals surface area contributed by atoms with Crippen LogP contribution in [0, 0.1) is 5.92 Å². The first-order chi connectivity index (χ1) is 37.9. The largest absolute Gasteiger partial charge is 0.398 e. The summed E-state index contributed by atoms with van der Waals surface area (Å²) in [5.41, 5.74) is 19.7. The lowest BCUT2D eigenvalue weighted by Gasteiger charge is -2.46. The number of anilines is 3. The number of nitrogen functional groups attached to an aromatic ring is 2. The Balaban J connectivity index is 0.000000194. The maximum Gasteiger partial charge on any atom is 0.319 e. The number of aromatic amines is 1. The molecule has 1 saturated carbocycles. The van der Waals surface area contributed by atoms with Gasteiger partial charge in [0.15, 0.2) is 23.9 Å². The average molecular weight is 1100 g/mol. The summed E-state index contributed by atoms with van der Waals surface area (Å²) in [5.74, 6) is 1.95. The molecule has 21 nitrogen and oxygen atoms in total. The number of nitrogens with zero attached hydrogens (tertiary/aromatic N) is 9. The molecule has 80 heavy (non-hydrogen) atoms. The van der Waals surface area contributed by atoms with Crippen molar-refractivity contribution in [3.63, 3.8) is 0 Å². The number of H-pyrrole nitrogens is 1. The molecule has 1 aliphatic carbocycles. The van der Waals surface area contributed by atoms with E-state index in [-0.39, 0.29) is 34.8 Å². The van der Waals surface area contributed by atoms with Gasteiger partial charge in [0.1, 0.15) is 59.9 Å². The van der Waals surface area contributed by atoms with Crippen LogP contribution in [0.2, 0.25) is 0 Å². The number of nitrogens with one attached hydrogen (secondary N) is 3. The van der Waals surface area contributed by atoms with Crippen molar-refractivity contribution < 1.29 is 34.7 Å². The van der Waals surface area contributed by atoms with Crippen LogP contribution in [-0.4, -0.2) is 156 Å². The summed E-state index contributed by atoms with van der Waals surface area (Å²) in [6, 6.07) is 18.6. The minimum Gasteiger partial charge on any atom is -0.398 e. The SMILES string of the molecule is CC(C)N(CC1OC(n2cnc3c(N)ncnc32)[C@H](O)[C@@H]1O)C1CC(CCc2nc3ccc(C(C)(C)C)cc3[nH]2)C1.CC(C)N(CCCNC(=O)Nc1ccc(C(C)(C)C)cc1)CC1OC(n2ccc3c(N)ccnc32)[C@H](O)[C@@H]1O. The molecule has 3 aliphatic rings. The van der Waals surface area contributed by atoms with Crippen LogP contribution in [0.15, 0.2) is 79.6 Å². The number of benzene rings is 2. The summed E-state index contributed by atoms with van der Waals surface area (Å²) in [5, 5.41) is 50.0. The molecule has 10 rings (SSSR count). The van der Waals surface area contributed by atoms with Crippen molar-refractivity contribution in [2.24, 2.45) is 5.92 Å². The zero-order valence-electron chi connectivity index (χ0n) is 48.0. The molecule has 3 fully saturated rings. The minimum atomic E-state index is -1.11. The number of pyridine rings is 1. The Bertz CT molecular complexity index is 3190. The van der Waals surface area contributed by atoms with Gasteiger partial charge in [-0.1, -0.05) is 59.7 Å². The van der Waals surface area contributed by atoms with Crippen LogP contribution in [0.25, 0.3) is 33.2 Å². The standard InChI is InChI=1S/C30H42N8O3.C29H42N6O4/c1-16(2)37(13-22-25(39)26(40)29(41-22)38-15-34-24-27(31)32-14-33-28(24)38)19-10-17(11-19)6-9-23-35-20-8-7-18(30(3,4)5)12-21(20)36-23;1-18(2)34(15-6-13-32-28(38)33-20-9-7-19(8-10-20)29(3,4)5)17-23-24(36)25(37)27(39-23)35-16-12-21-22(30)11-14-31-26(21)35/h7-8,12,14-17,19,22,25-26,29,39-40H,6,9-11,13H2,1-5H3,(H,35,36)(H2,31,32,33);7-12,14,16,18,23-25,27,36-37H,6,13,15,17H2,1-5H3,(H2,30,31)(H2,32,33,38)/t17?,19?,22?,25-,26-,29?;23?,24-,25-,27?/m11/s1. The fourth-order valence-electron chi connectivity index (χ4n) is 11.2. The lowest BCUT2D eigenvalue weighted by atomic mass is 9.76. The maximum absolute atomic E-state index is 12.4. The highest BCUT2D eigenvalue weighted by Gasteiger charge is 2.47. The van der Waals surface area contributed by atoms with Crippen molar-refractivity contribution in [1.82, 2.24) is 54.2 Å². The molecule has 2 saturated heterocycles. The summed E-state index contributed by atoms with van der Waals surface area (Å²) in [7, 11) is 0. The number of carbonyl (C=O) groups excluding carboxylic acids is 1. The molecule has 432 valence electrons. The lowest BCUT2D eigenvalue weighted by Crippen LogP contribution is -2.52. The molecule has 2 aliphatic heterocycles. The summed E-state index contributed by atoms with van der Waals surface area (Å²) >= 11 is 0. The van der Waals surface area contributed by atoms with Crippen LogP contribution in [0.3, 0.4) is 0 Å². The molecule has 0 bridgehead atoms. The number of nitrogens with two attached hydrogens (primary N) is 2. The van der Waals surface area contributed by atoms with Gasteiger partial charge in [-0.05, 0) is 118 Å². The second-order valence-electron chi connectivity index (χ2n) is 24.7. The molecular weight excluding hydrogens is 1020 g/mol. The van der Waals surface area contributed by atoms with E-state index in [0.717, 1.165) is 60.0 Å². The van der Waals surface area contributed by atoms with Crippen molar-refractivity contribution in [2.45, 2.75) is 179 Å². The molecule has 8 atom stereocenters. The number of ether oxygens (including phenoxy) is 2.